The highest BCUT2D eigenvalue weighted by Crippen LogP contribution is 2.33. The smallest absolute Gasteiger partial charge is 0.165 e. The van der Waals surface area contributed by atoms with E-state index in [1.54, 1.807) is 6.20 Å². The van der Waals surface area contributed by atoms with Crippen molar-refractivity contribution in [3.8, 4) is 11.4 Å². The van der Waals surface area contributed by atoms with Gasteiger partial charge < -0.3 is 4.57 Å². The Morgan fingerprint density at radius 2 is 1.74 bits per heavy atom. The average Bonchev–Trinajstić information content (AvgIpc) is 3.18. The third-order valence-electron chi connectivity index (χ3n) is 6.28. The molecule has 0 spiro atoms. The van der Waals surface area contributed by atoms with Crippen molar-refractivity contribution >= 4 is 5.78 Å². The second-order valence-electron chi connectivity index (χ2n) is 8.14. The summed E-state index contributed by atoms with van der Waals surface area (Å²) in [4.78, 5) is 16.9. The summed E-state index contributed by atoms with van der Waals surface area (Å²) in [7, 11) is 0. The molecule has 27 heavy (non-hydrogen) atoms. The Morgan fingerprint density at radius 3 is 2.44 bits per heavy atom. The Hall–Kier alpha value is -2.04. The SMILES string of the molecule is O=C(CCc1nnc(-c2cccnc2)n1C1CCCCC1)C1CCCCC1. The predicted octanol–water partition coefficient (Wildman–Crippen LogP) is 4.93. The number of rotatable bonds is 6. The van der Waals surface area contributed by atoms with Gasteiger partial charge in [-0.1, -0.05) is 38.5 Å². The Balaban J connectivity index is 1.54. The molecule has 2 fully saturated rings. The molecule has 0 aromatic carbocycles. The normalized spacial score (nSPS) is 19.3. The zero-order valence-electron chi connectivity index (χ0n) is 16.1. The van der Waals surface area contributed by atoms with Crippen LogP contribution in [-0.4, -0.2) is 25.5 Å². The Kier molecular flexibility index (Phi) is 5.95. The van der Waals surface area contributed by atoms with Gasteiger partial charge in [-0.2, -0.15) is 0 Å². The number of ketones is 1. The van der Waals surface area contributed by atoms with E-state index in [-0.39, 0.29) is 5.92 Å². The first-order valence-corrected chi connectivity index (χ1v) is 10.7. The minimum absolute atomic E-state index is 0.280. The second kappa shape index (κ2) is 8.77. The molecule has 0 radical (unpaired) electrons. The van der Waals surface area contributed by atoms with E-state index in [1.807, 2.05) is 18.3 Å². The van der Waals surface area contributed by atoms with E-state index in [0.29, 0.717) is 24.7 Å². The van der Waals surface area contributed by atoms with Gasteiger partial charge >= 0.3 is 0 Å². The van der Waals surface area contributed by atoms with Gasteiger partial charge in [-0.3, -0.25) is 9.78 Å². The number of Topliss-reactive ketones (excluding diaryl/α,β-unsaturated/α-hetero) is 1. The molecule has 0 bridgehead atoms. The van der Waals surface area contributed by atoms with E-state index in [2.05, 4.69) is 19.7 Å². The van der Waals surface area contributed by atoms with Crippen molar-refractivity contribution in [3.63, 3.8) is 0 Å². The number of nitrogens with zero attached hydrogens (tertiary/aromatic N) is 4. The van der Waals surface area contributed by atoms with Crippen LogP contribution in [-0.2, 0) is 11.2 Å². The fourth-order valence-electron chi connectivity index (χ4n) is 4.77. The van der Waals surface area contributed by atoms with E-state index in [4.69, 9.17) is 0 Å². The molecule has 5 nitrogen and oxygen atoms in total. The molecule has 0 unspecified atom stereocenters. The lowest BCUT2D eigenvalue weighted by Crippen LogP contribution is -2.20. The third-order valence-corrected chi connectivity index (χ3v) is 6.28. The van der Waals surface area contributed by atoms with E-state index in [1.165, 1.54) is 51.4 Å². The van der Waals surface area contributed by atoms with E-state index < -0.39 is 0 Å². The number of aryl methyl sites for hydroxylation is 1. The Labute approximate surface area is 161 Å². The first-order chi connectivity index (χ1) is 13.3. The van der Waals surface area contributed by atoms with Crippen molar-refractivity contribution in [1.29, 1.82) is 0 Å². The summed E-state index contributed by atoms with van der Waals surface area (Å²) in [6.45, 7) is 0. The lowest BCUT2D eigenvalue weighted by molar-refractivity contribution is -0.123. The van der Waals surface area contributed by atoms with E-state index in [0.717, 1.165) is 30.1 Å². The summed E-state index contributed by atoms with van der Waals surface area (Å²) >= 11 is 0. The minimum atomic E-state index is 0.280. The molecule has 2 saturated carbocycles. The van der Waals surface area contributed by atoms with Crippen molar-refractivity contribution in [2.45, 2.75) is 83.1 Å². The molecule has 0 N–H and O–H groups in total. The van der Waals surface area contributed by atoms with Gasteiger partial charge in [-0.05, 0) is 37.8 Å². The van der Waals surface area contributed by atoms with Crippen LogP contribution < -0.4 is 0 Å². The molecule has 0 atom stereocenters. The second-order valence-corrected chi connectivity index (χ2v) is 8.14. The standard InChI is InChI=1S/C22H30N4O/c27-20(17-8-3-1-4-9-17)13-14-21-24-25-22(18-10-7-15-23-16-18)26(21)19-11-5-2-6-12-19/h7,10,15-17,19H,1-6,8-9,11-14H2. The molecule has 0 saturated heterocycles. The monoisotopic (exact) mass is 366 g/mol. The summed E-state index contributed by atoms with van der Waals surface area (Å²) in [5, 5.41) is 9.03. The number of carbonyl (C=O) groups excluding carboxylic acids is 1. The van der Waals surface area contributed by atoms with Crippen LogP contribution in [0.2, 0.25) is 0 Å². The van der Waals surface area contributed by atoms with E-state index in [9.17, 15) is 4.79 Å². The van der Waals surface area contributed by atoms with Gasteiger partial charge in [0.05, 0.1) is 0 Å². The molecule has 2 heterocycles. The van der Waals surface area contributed by atoms with Crippen molar-refractivity contribution in [2.24, 2.45) is 5.92 Å². The quantitative estimate of drug-likeness (QED) is 0.727. The topological polar surface area (TPSA) is 60.7 Å². The number of hydrogen-bond acceptors (Lipinski definition) is 4. The summed E-state index contributed by atoms with van der Waals surface area (Å²) in [6, 6.07) is 4.44. The van der Waals surface area contributed by atoms with Gasteiger partial charge in [0, 0.05) is 42.8 Å². The average molecular weight is 367 g/mol. The van der Waals surface area contributed by atoms with Crippen LogP contribution in [0.15, 0.2) is 24.5 Å². The molecule has 0 amide bonds. The number of hydrogen-bond donors (Lipinski definition) is 0. The van der Waals surface area contributed by atoms with Crippen LogP contribution in [0, 0.1) is 5.92 Å². The highest BCUT2D eigenvalue weighted by Gasteiger charge is 2.25. The van der Waals surface area contributed by atoms with Gasteiger partial charge in [-0.25, -0.2) is 0 Å². The van der Waals surface area contributed by atoms with Crippen LogP contribution in [0.1, 0.15) is 82.5 Å². The molecular weight excluding hydrogens is 336 g/mol. The number of carbonyl (C=O) groups is 1. The highest BCUT2D eigenvalue weighted by atomic mass is 16.1. The molecular formula is C22H30N4O. The maximum atomic E-state index is 12.7. The fourth-order valence-corrected chi connectivity index (χ4v) is 4.77. The molecule has 5 heteroatoms. The zero-order chi connectivity index (χ0) is 18.5. The summed E-state index contributed by atoms with van der Waals surface area (Å²) in [5.41, 5.74) is 1.01. The first-order valence-electron chi connectivity index (χ1n) is 10.7. The summed E-state index contributed by atoms with van der Waals surface area (Å²) in [5.74, 6) is 2.60. The fraction of sp³-hybridized carbons (Fsp3) is 0.636. The van der Waals surface area contributed by atoms with Crippen molar-refractivity contribution in [2.75, 3.05) is 0 Å². The molecule has 2 aromatic heterocycles. The summed E-state index contributed by atoms with van der Waals surface area (Å²) in [6.07, 6.45) is 17.0. The van der Waals surface area contributed by atoms with Gasteiger partial charge in [0.25, 0.3) is 0 Å². The molecule has 2 aliphatic rings. The van der Waals surface area contributed by atoms with Crippen LogP contribution in [0.25, 0.3) is 11.4 Å². The maximum Gasteiger partial charge on any atom is 0.165 e. The molecule has 2 aliphatic carbocycles. The van der Waals surface area contributed by atoms with Crippen LogP contribution >= 0.6 is 0 Å². The van der Waals surface area contributed by atoms with Gasteiger partial charge in [0.1, 0.15) is 11.6 Å². The van der Waals surface area contributed by atoms with Crippen molar-refractivity contribution in [3.05, 3.63) is 30.4 Å². The molecule has 2 aromatic rings. The third kappa shape index (κ3) is 4.28. The van der Waals surface area contributed by atoms with Gasteiger partial charge in [0.2, 0.25) is 0 Å². The van der Waals surface area contributed by atoms with Gasteiger partial charge in [0.15, 0.2) is 5.82 Å². The number of pyridine rings is 1. The van der Waals surface area contributed by atoms with Crippen LogP contribution in [0.4, 0.5) is 0 Å². The Morgan fingerprint density at radius 1 is 1.00 bits per heavy atom. The Bertz CT molecular complexity index is 743. The summed E-state index contributed by atoms with van der Waals surface area (Å²) < 4.78 is 2.32. The van der Waals surface area contributed by atoms with Crippen molar-refractivity contribution in [1.82, 2.24) is 19.7 Å². The predicted molar refractivity (Wildman–Crippen MR) is 105 cm³/mol. The first kappa shape index (κ1) is 18.3. The molecule has 4 rings (SSSR count). The molecule has 0 aliphatic heterocycles. The number of aromatic nitrogens is 4. The largest absolute Gasteiger partial charge is 0.308 e. The minimum Gasteiger partial charge on any atom is -0.308 e. The van der Waals surface area contributed by atoms with Crippen molar-refractivity contribution < 1.29 is 4.79 Å². The van der Waals surface area contributed by atoms with Crippen LogP contribution in [0.3, 0.4) is 0 Å². The maximum absolute atomic E-state index is 12.7. The van der Waals surface area contributed by atoms with E-state index >= 15 is 0 Å². The van der Waals surface area contributed by atoms with Crippen LogP contribution in [0.5, 0.6) is 0 Å². The van der Waals surface area contributed by atoms with Gasteiger partial charge in [-0.15, -0.1) is 10.2 Å². The highest BCUT2D eigenvalue weighted by molar-refractivity contribution is 5.81. The lowest BCUT2D eigenvalue weighted by Gasteiger charge is -2.26. The zero-order valence-corrected chi connectivity index (χ0v) is 16.1. The molecule has 144 valence electrons. The lowest BCUT2D eigenvalue weighted by atomic mass is 9.85.